The van der Waals surface area contributed by atoms with E-state index in [1.54, 1.807) is 4.90 Å². The van der Waals surface area contributed by atoms with E-state index in [-0.39, 0.29) is 5.91 Å². The van der Waals surface area contributed by atoms with Crippen LogP contribution in [0.1, 0.15) is 6.42 Å². The summed E-state index contributed by atoms with van der Waals surface area (Å²) < 4.78 is 0. The van der Waals surface area contributed by atoms with Crippen LogP contribution >= 0.6 is 0 Å². The number of hydrogen-bond donors (Lipinski definition) is 2. The van der Waals surface area contributed by atoms with Crippen LogP contribution in [-0.4, -0.2) is 37.0 Å². The Morgan fingerprint density at radius 2 is 2.27 bits per heavy atom. The fourth-order valence-corrected chi connectivity index (χ4v) is 1.38. The number of likely N-dealkylation sites (tertiary alicyclic amines) is 1. The van der Waals surface area contributed by atoms with Crippen LogP contribution in [0.5, 0.6) is 0 Å². The Bertz CT molecular complexity index is 149. The van der Waals surface area contributed by atoms with E-state index in [2.05, 4.69) is 0 Å². The molecule has 0 spiro atoms. The Labute approximate surface area is 66.5 Å². The summed E-state index contributed by atoms with van der Waals surface area (Å²) in [7, 11) is 0. The van der Waals surface area contributed by atoms with Gasteiger partial charge in [-0.1, -0.05) is 0 Å². The van der Waals surface area contributed by atoms with Crippen LogP contribution in [0.15, 0.2) is 0 Å². The summed E-state index contributed by atoms with van der Waals surface area (Å²) in [5.41, 5.74) is 10.8. The molecule has 4 nitrogen and oxygen atoms in total. The second kappa shape index (κ2) is 3.69. The lowest BCUT2D eigenvalue weighted by atomic mass is 10.1. The molecule has 0 aromatic carbocycles. The van der Waals surface area contributed by atoms with Crippen molar-refractivity contribution in [1.29, 1.82) is 0 Å². The Kier molecular flexibility index (Phi) is 2.84. The van der Waals surface area contributed by atoms with Gasteiger partial charge in [0.05, 0.1) is 0 Å². The van der Waals surface area contributed by atoms with Crippen molar-refractivity contribution in [3.63, 3.8) is 0 Å². The molecule has 1 amide bonds. The van der Waals surface area contributed by atoms with E-state index in [4.69, 9.17) is 11.5 Å². The maximum atomic E-state index is 11.1. The molecule has 11 heavy (non-hydrogen) atoms. The molecule has 0 radical (unpaired) electrons. The minimum atomic E-state index is 0.200. The topological polar surface area (TPSA) is 72.3 Å². The molecule has 64 valence electrons. The van der Waals surface area contributed by atoms with Crippen molar-refractivity contribution in [3.8, 4) is 0 Å². The van der Waals surface area contributed by atoms with Gasteiger partial charge >= 0.3 is 0 Å². The Morgan fingerprint density at radius 1 is 1.55 bits per heavy atom. The molecule has 1 fully saturated rings. The monoisotopic (exact) mass is 157 g/mol. The molecule has 0 aromatic heterocycles. The van der Waals surface area contributed by atoms with Gasteiger partial charge in [0, 0.05) is 26.1 Å². The van der Waals surface area contributed by atoms with Crippen LogP contribution in [0.25, 0.3) is 0 Å². The van der Waals surface area contributed by atoms with Gasteiger partial charge in [0.2, 0.25) is 5.91 Å². The van der Waals surface area contributed by atoms with Crippen LogP contribution in [0.2, 0.25) is 0 Å². The van der Waals surface area contributed by atoms with Gasteiger partial charge in [0.25, 0.3) is 0 Å². The zero-order valence-electron chi connectivity index (χ0n) is 6.62. The first-order valence-corrected chi connectivity index (χ1v) is 3.95. The van der Waals surface area contributed by atoms with Crippen LogP contribution in [-0.2, 0) is 4.79 Å². The molecule has 1 rings (SSSR count). The molecule has 0 saturated carbocycles. The molecule has 1 unspecified atom stereocenters. The zero-order valence-corrected chi connectivity index (χ0v) is 6.62. The lowest BCUT2D eigenvalue weighted by Crippen LogP contribution is -2.31. The summed E-state index contributed by atoms with van der Waals surface area (Å²) in [6.45, 7) is 2.62. The van der Waals surface area contributed by atoms with Crippen molar-refractivity contribution in [2.75, 3.05) is 26.2 Å². The molecule has 4 heteroatoms. The van der Waals surface area contributed by atoms with Gasteiger partial charge < -0.3 is 16.4 Å². The number of amides is 1. The maximum absolute atomic E-state index is 11.1. The highest BCUT2D eigenvalue weighted by atomic mass is 16.2. The van der Waals surface area contributed by atoms with Crippen LogP contribution in [0.4, 0.5) is 0 Å². The molecule has 4 N–H and O–H groups in total. The molecule has 1 saturated heterocycles. The molecule has 1 atom stereocenters. The van der Waals surface area contributed by atoms with E-state index in [0.717, 1.165) is 6.54 Å². The van der Waals surface area contributed by atoms with Crippen LogP contribution in [0, 0.1) is 5.92 Å². The van der Waals surface area contributed by atoms with E-state index in [1.165, 1.54) is 0 Å². The second-order valence-electron chi connectivity index (χ2n) is 2.93. The summed E-state index contributed by atoms with van der Waals surface area (Å²) in [6.07, 6.45) is 0.608. The molecular weight excluding hydrogens is 142 g/mol. The minimum Gasteiger partial charge on any atom is -0.341 e. The summed E-state index contributed by atoms with van der Waals surface area (Å²) in [4.78, 5) is 12.9. The van der Waals surface area contributed by atoms with Gasteiger partial charge in [-0.25, -0.2) is 0 Å². The average molecular weight is 157 g/mol. The SMILES string of the molecule is NCCN1CC(CN)CC1=O. The number of nitrogens with two attached hydrogens (primary N) is 2. The van der Waals surface area contributed by atoms with E-state index < -0.39 is 0 Å². The van der Waals surface area contributed by atoms with E-state index in [0.29, 0.717) is 32.0 Å². The first-order chi connectivity index (χ1) is 5.27. The fraction of sp³-hybridized carbons (Fsp3) is 0.857. The third-order valence-electron chi connectivity index (χ3n) is 2.03. The minimum absolute atomic E-state index is 0.200. The highest BCUT2D eigenvalue weighted by molar-refractivity contribution is 5.78. The Morgan fingerprint density at radius 3 is 2.73 bits per heavy atom. The molecule has 0 aliphatic carbocycles. The number of hydrogen-bond acceptors (Lipinski definition) is 3. The first-order valence-electron chi connectivity index (χ1n) is 3.95. The van der Waals surface area contributed by atoms with Gasteiger partial charge in [-0.15, -0.1) is 0 Å². The van der Waals surface area contributed by atoms with Crippen molar-refractivity contribution in [2.24, 2.45) is 17.4 Å². The first kappa shape index (κ1) is 8.49. The van der Waals surface area contributed by atoms with Gasteiger partial charge in [0.1, 0.15) is 0 Å². The number of nitrogens with zero attached hydrogens (tertiary/aromatic N) is 1. The van der Waals surface area contributed by atoms with E-state index >= 15 is 0 Å². The normalized spacial score (nSPS) is 24.7. The number of carbonyl (C=O) groups excluding carboxylic acids is 1. The van der Waals surface area contributed by atoms with Gasteiger partial charge in [-0.2, -0.15) is 0 Å². The highest BCUT2D eigenvalue weighted by Crippen LogP contribution is 2.15. The average Bonchev–Trinajstić information content (AvgIpc) is 2.33. The molecule has 1 aliphatic heterocycles. The summed E-state index contributed by atoms with van der Waals surface area (Å²) in [5, 5.41) is 0. The lowest BCUT2D eigenvalue weighted by molar-refractivity contribution is -0.127. The Hall–Kier alpha value is -0.610. The Balaban J connectivity index is 2.38. The largest absolute Gasteiger partial charge is 0.341 e. The molecule has 1 heterocycles. The quantitative estimate of drug-likeness (QED) is 0.538. The van der Waals surface area contributed by atoms with Crippen molar-refractivity contribution in [2.45, 2.75) is 6.42 Å². The smallest absolute Gasteiger partial charge is 0.223 e. The summed E-state index contributed by atoms with van der Waals surface area (Å²) in [5.74, 6) is 0.556. The van der Waals surface area contributed by atoms with Crippen molar-refractivity contribution in [3.05, 3.63) is 0 Å². The van der Waals surface area contributed by atoms with Crippen molar-refractivity contribution < 1.29 is 4.79 Å². The number of carbonyl (C=O) groups is 1. The van der Waals surface area contributed by atoms with Crippen LogP contribution < -0.4 is 11.5 Å². The molecule has 0 aromatic rings. The van der Waals surface area contributed by atoms with Crippen molar-refractivity contribution in [1.82, 2.24) is 4.90 Å². The van der Waals surface area contributed by atoms with Gasteiger partial charge in [-0.3, -0.25) is 4.79 Å². The lowest BCUT2D eigenvalue weighted by Gasteiger charge is -2.14. The standard InChI is InChI=1S/C7H15N3O/c8-1-2-10-5-6(4-9)3-7(10)11/h6H,1-5,8-9H2. The van der Waals surface area contributed by atoms with Gasteiger partial charge in [0.15, 0.2) is 0 Å². The predicted molar refractivity (Wildman–Crippen MR) is 42.8 cm³/mol. The van der Waals surface area contributed by atoms with Gasteiger partial charge in [-0.05, 0) is 12.5 Å². The predicted octanol–water partition coefficient (Wildman–Crippen LogP) is -1.25. The third kappa shape index (κ3) is 1.91. The third-order valence-corrected chi connectivity index (χ3v) is 2.03. The van der Waals surface area contributed by atoms with Crippen LogP contribution in [0.3, 0.4) is 0 Å². The summed E-state index contributed by atoms with van der Waals surface area (Å²) in [6, 6.07) is 0. The van der Waals surface area contributed by atoms with E-state index in [1.807, 2.05) is 0 Å². The molecular formula is C7H15N3O. The molecule has 0 bridgehead atoms. The fourth-order valence-electron chi connectivity index (χ4n) is 1.38. The van der Waals surface area contributed by atoms with E-state index in [9.17, 15) is 4.79 Å². The molecule has 1 aliphatic rings. The van der Waals surface area contributed by atoms with Crippen molar-refractivity contribution >= 4 is 5.91 Å². The maximum Gasteiger partial charge on any atom is 0.223 e. The second-order valence-corrected chi connectivity index (χ2v) is 2.93. The summed E-state index contributed by atoms with van der Waals surface area (Å²) >= 11 is 0. The zero-order chi connectivity index (χ0) is 8.27. The highest BCUT2D eigenvalue weighted by Gasteiger charge is 2.27. The number of rotatable bonds is 3.